The van der Waals surface area contributed by atoms with Gasteiger partial charge in [0.05, 0.1) is 18.8 Å². The van der Waals surface area contributed by atoms with E-state index in [0.717, 1.165) is 6.42 Å². The van der Waals surface area contributed by atoms with E-state index in [9.17, 15) is 0 Å². The molecule has 0 spiro atoms. The molecule has 2 atom stereocenters. The van der Waals surface area contributed by atoms with Crippen molar-refractivity contribution >= 4 is 0 Å². The van der Waals surface area contributed by atoms with Crippen LogP contribution >= 0.6 is 0 Å². The van der Waals surface area contributed by atoms with Crippen molar-refractivity contribution in [1.82, 2.24) is 0 Å². The molecule has 0 aromatic rings. The topological polar surface area (TPSA) is 29.5 Å². The van der Waals surface area contributed by atoms with Gasteiger partial charge >= 0.3 is 0 Å². The molecular formula is C9H16O2. The Morgan fingerprint density at radius 1 is 1.55 bits per heavy atom. The second-order valence-electron chi connectivity index (χ2n) is 2.97. The van der Waals surface area contributed by atoms with Crippen LogP contribution in [0.25, 0.3) is 0 Å². The molecule has 0 aromatic heterocycles. The summed E-state index contributed by atoms with van der Waals surface area (Å²) in [5, 5.41) is 9.04. The van der Waals surface area contributed by atoms with Crippen LogP contribution in [0.3, 0.4) is 0 Å². The first-order valence-electron chi connectivity index (χ1n) is 4.31. The molecule has 11 heavy (non-hydrogen) atoms. The normalized spacial score (nSPS) is 30.7. The van der Waals surface area contributed by atoms with Gasteiger partial charge in [-0.2, -0.15) is 0 Å². The van der Waals surface area contributed by atoms with Gasteiger partial charge < -0.3 is 9.84 Å². The minimum atomic E-state index is -0.382. The SMILES string of the molecule is CCCC[C@H]1C=C[C@@H](O)CO1. The van der Waals surface area contributed by atoms with Crippen molar-refractivity contribution in [2.24, 2.45) is 0 Å². The van der Waals surface area contributed by atoms with E-state index in [1.54, 1.807) is 0 Å². The third-order valence-corrected chi connectivity index (χ3v) is 1.87. The van der Waals surface area contributed by atoms with E-state index in [1.807, 2.05) is 12.2 Å². The van der Waals surface area contributed by atoms with E-state index < -0.39 is 0 Å². The quantitative estimate of drug-likeness (QED) is 0.627. The first-order valence-corrected chi connectivity index (χ1v) is 4.31. The molecule has 0 saturated heterocycles. The third kappa shape index (κ3) is 3.04. The number of hydrogen-bond acceptors (Lipinski definition) is 2. The molecule has 0 amide bonds. The van der Waals surface area contributed by atoms with Crippen LogP contribution in [0.5, 0.6) is 0 Å². The van der Waals surface area contributed by atoms with Crippen LogP contribution in [0, 0.1) is 0 Å². The van der Waals surface area contributed by atoms with Gasteiger partial charge in [-0.05, 0) is 6.42 Å². The second-order valence-corrected chi connectivity index (χ2v) is 2.97. The lowest BCUT2D eigenvalue weighted by molar-refractivity contribution is 0.0112. The Morgan fingerprint density at radius 2 is 2.36 bits per heavy atom. The van der Waals surface area contributed by atoms with E-state index in [-0.39, 0.29) is 12.2 Å². The highest BCUT2D eigenvalue weighted by atomic mass is 16.5. The predicted octanol–water partition coefficient (Wildman–Crippen LogP) is 1.49. The van der Waals surface area contributed by atoms with E-state index in [4.69, 9.17) is 9.84 Å². The maximum Gasteiger partial charge on any atom is 0.0955 e. The summed E-state index contributed by atoms with van der Waals surface area (Å²) in [5.74, 6) is 0. The summed E-state index contributed by atoms with van der Waals surface area (Å²) in [5.41, 5.74) is 0. The lowest BCUT2D eigenvalue weighted by Crippen LogP contribution is -2.24. The van der Waals surface area contributed by atoms with E-state index in [1.165, 1.54) is 12.8 Å². The second kappa shape index (κ2) is 4.52. The van der Waals surface area contributed by atoms with E-state index in [2.05, 4.69) is 6.92 Å². The fourth-order valence-electron chi connectivity index (χ4n) is 1.17. The van der Waals surface area contributed by atoms with Gasteiger partial charge in [-0.25, -0.2) is 0 Å². The molecule has 1 aliphatic rings. The zero-order valence-electron chi connectivity index (χ0n) is 6.99. The summed E-state index contributed by atoms with van der Waals surface area (Å²) < 4.78 is 5.36. The summed E-state index contributed by atoms with van der Waals surface area (Å²) >= 11 is 0. The summed E-state index contributed by atoms with van der Waals surface area (Å²) in [4.78, 5) is 0. The number of hydrogen-bond donors (Lipinski definition) is 1. The highest BCUT2D eigenvalue weighted by Crippen LogP contribution is 2.11. The van der Waals surface area contributed by atoms with Gasteiger partial charge in [-0.1, -0.05) is 31.9 Å². The van der Waals surface area contributed by atoms with Crippen LogP contribution in [0.4, 0.5) is 0 Å². The summed E-state index contributed by atoms with van der Waals surface area (Å²) in [6.07, 6.45) is 7.14. The smallest absolute Gasteiger partial charge is 0.0955 e. The van der Waals surface area contributed by atoms with Crippen molar-refractivity contribution in [1.29, 1.82) is 0 Å². The van der Waals surface area contributed by atoms with Crippen LogP contribution in [0.2, 0.25) is 0 Å². The van der Waals surface area contributed by atoms with E-state index in [0.29, 0.717) is 6.61 Å². The molecule has 0 aromatic carbocycles. The predicted molar refractivity (Wildman–Crippen MR) is 44.4 cm³/mol. The Labute approximate surface area is 67.9 Å². The van der Waals surface area contributed by atoms with Crippen molar-refractivity contribution in [3.63, 3.8) is 0 Å². The Bertz CT molecular complexity index is 132. The monoisotopic (exact) mass is 156 g/mol. The number of unbranched alkanes of at least 4 members (excludes halogenated alkanes) is 1. The van der Waals surface area contributed by atoms with Crippen molar-refractivity contribution in [3.05, 3.63) is 12.2 Å². The van der Waals surface area contributed by atoms with Gasteiger partial charge in [0.2, 0.25) is 0 Å². The van der Waals surface area contributed by atoms with Gasteiger partial charge in [0.1, 0.15) is 0 Å². The third-order valence-electron chi connectivity index (χ3n) is 1.87. The van der Waals surface area contributed by atoms with Crippen molar-refractivity contribution < 1.29 is 9.84 Å². The molecule has 1 heterocycles. The van der Waals surface area contributed by atoms with Gasteiger partial charge in [-0.15, -0.1) is 0 Å². The first-order chi connectivity index (χ1) is 5.33. The van der Waals surface area contributed by atoms with Crippen LogP contribution in [-0.4, -0.2) is 23.9 Å². The first kappa shape index (κ1) is 8.75. The molecule has 2 nitrogen and oxygen atoms in total. The van der Waals surface area contributed by atoms with Crippen LogP contribution < -0.4 is 0 Å². The van der Waals surface area contributed by atoms with Gasteiger partial charge in [-0.3, -0.25) is 0 Å². The molecule has 64 valence electrons. The maximum atomic E-state index is 9.04. The Kier molecular flexibility index (Phi) is 3.60. The highest BCUT2D eigenvalue weighted by Gasteiger charge is 2.12. The van der Waals surface area contributed by atoms with Crippen molar-refractivity contribution in [2.75, 3.05) is 6.61 Å². The molecule has 0 bridgehead atoms. The molecule has 0 unspecified atom stereocenters. The fraction of sp³-hybridized carbons (Fsp3) is 0.778. The molecule has 1 aliphatic heterocycles. The number of rotatable bonds is 3. The van der Waals surface area contributed by atoms with Crippen LogP contribution in [0.1, 0.15) is 26.2 Å². The molecule has 1 rings (SSSR count). The average Bonchev–Trinajstić information content (AvgIpc) is 2.04. The fourth-order valence-corrected chi connectivity index (χ4v) is 1.17. The average molecular weight is 156 g/mol. The van der Waals surface area contributed by atoms with Crippen LogP contribution in [-0.2, 0) is 4.74 Å². The lowest BCUT2D eigenvalue weighted by Gasteiger charge is -2.20. The largest absolute Gasteiger partial charge is 0.387 e. The maximum absolute atomic E-state index is 9.04. The van der Waals surface area contributed by atoms with Gasteiger partial charge in [0.15, 0.2) is 0 Å². The minimum Gasteiger partial charge on any atom is -0.387 e. The Balaban J connectivity index is 2.21. The molecule has 0 saturated carbocycles. The van der Waals surface area contributed by atoms with Crippen molar-refractivity contribution in [3.8, 4) is 0 Å². The standard InChI is InChI=1S/C9H16O2/c1-2-3-4-9-6-5-8(10)7-11-9/h5-6,8-10H,2-4,7H2,1H3/t8-,9+/m1/s1. The molecule has 0 radical (unpaired) electrons. The minimum absolute atomic E-state index is 0.248. The van der Waals surface area contributed by atoms with Gasteiger partial charge in [0.25, 0.3) is 0 Å². The highest BCUT2D eigenvalue weighted by molar-refractivity contribution is 4.98. The molecule has 0 aliphatic carbocycles. The summed E-state index contributed by atoms with van der Waals surface area (Å²) in [6, 6.07) is 0. The van der Waals surface area contributed by atoms with E-state index >= 15 is 0 Å². The van der Waals surface area contributed by atoms with Gasteiger partial charge in [0, 0.05) is 0 Å². The lowest BCUT2D eigenvalue weighted by atomic mass is 10.1. The molecular weight excluding hydrogens is 140 g/mol. The van der Waals surface area contributed by atoms with Crippen molar-refractivity contribution in [2.45, 2.75) is 38.4 Å². The molecule has 0 fully saturated rings. The number of aliphatic hydroxyl groups excluding tert-OH is 1. The summed E-state index contributed by atoms with van der Waals surface area (Å²) in [7, 11) is 0. The number of aliphatic hydroxyl groups is 1. The Morgan fingerprint density at radius 3 is 2.91 bits per heavy atom. The van der Waals surface area contributed by atoms with Crippen LogP contribution in [0.15, 0.2) is 12.2 Å². The molecule has 2 heteroatoms. The Hall–Kier alpha value is -0.340. The summed E-state index contributed by atoms with van der Waals surface area (Å²) in [6.45, 7) is 2.63. The number of ether oxygens (including phenoxy) is 1. The zero-order chi connectivity index (χ0) is 8.10. The zero-order valence-corrected chi connectivity index (χ0v) is 6.99. The molecule has 1 N–H and O–H groups in total.